The molecule has 1 atom stereocenters. The highest BCUT2D eigenvalue weighted by Gasteiger charge is 2.38. The van der Waals surface area contributed by atoms with E-state index in [1.165, 1.54) is 15.6 Å². The Morgan fingerprint density at radius 1 is 1.18 bits per heavy atom. The average Bonchev–Trinajstić information content (AvgIpc) is 3.24. The Morgan fingerprint density at radius 3 is 2.59 bits per heavy atom. The van der Waals surface area contributed by atoms with Crippen LogP contribution in [0.15, 0.2) is 51.7 Å². The molecule has 2 heterocycles. The number of ether oxygens (including phenoxy) is 1. The van der Waals surface area contributed by atoms with E-state index in [4.69, 9.17) is 4.74 Å². The number of hydrogen-bond acceptors (Lipinski definition) is 8. The van der Waals surface area contributed by atoms with Crippen LogP contribution in [0.2, 0.25) is 0 Å². The molecular formula is C23H26N4O4S3. The molecule has 1 N–H and O–H groups in total. The Morgan fingerprint density at radius 2 is 1.88 bits per heavy atom. The van der Waals surface area contributed by atoms with Crippen LogP contribution in [0.25, 0.3) is 0 Å². The van der Waals surface area contributed by atoms with E-state index in [2.05, 4.69) is 29.4 Å². The fourth-order valence-corrected chi connectivity index (χ4v) is 6.51. The maximum atomic E-state index is 13.5. The fourth-order valence-electron chi connectivity index (χ4n) is 3.31. The maximum absolute atomic E-state index is 13.5. The number of carbonyl (C=O) groups excluding carboxylic acids is 1. The lowest BCUT2D eigenvalue weighted by Gasteiger charge is -2.34. The number of sulfonamides is 1. The summed E-state index contributed by atoms with van der Waals surface area (Å²) in [6.45, 7) is 7.85. The minimum atomic E-state index is -3.91. The van der Waals surface area contributed by atoms with Crippen molar-refractivity contribution in [3.8, 4) is 5.75 Å². The van der Waals surface area contributed by atoms with E-state index in [1.54, 1.807) is 48.2 Å². The summed E-state index contributed by atoms with van der Waals surface area (Å²) >= 11 is 2.86. The van der Waals surface area contributed by atoms with Crippen LogP contribution in [0, 0.1) is 19.8 Å². The van der Waals surface area contributed by atoms with Crippen molar-refractivity contribution in [2.45, 2.75) is 43.0 Å². The van der Waals surface area contributed by atoms with E-state index in [0.717, 1.165) is 21.2 Å². The minimum absolute atomic E-state index is 0.154. The van der Waals surface area contributed by atoms with Gasteiger partial charge in [-0.25, -0.2) is 8.42 Å². The quantitative estimate of drug-likeness (QED) is 0.363. The number of carbonyl (C=O) groups is 1. The molecular weight excluding hydrogens is 492 g/mol. The normalized spacial score (nSPS) is 15.7. The van der Waals surface area contributed by atoms with Gasteiger partial charge in [0.25, 0.3) is 15.9 Å². The Kier molecular flexibility index (Phi) is 7.15. The number of hydrogen-bond donors (Lipinski definition) is 1. The van der Waals surface area contributed by atoms with Crippen LogP contribution in [0.1, 0.15) is 25.0 Å². The van der Waals surface area contributed by atoms with Gasteiger partial charge in [0.1, 0.15) is 5.75 Å². The summed E-state index contributed by atoms with van der Waals surface area (Å²) < 4.78 is 35.0. The zero-order chi connectivity index (χ0) is 24.5. The number of benzene rings is 2. The SMILES string of the molecule is Cc1ccc(S(=O)(=O)N2C[C@H](C(=O)Nc3nnc(SCC(C)C)s3)Oc3cc(C)ccc32)cc1. The highest BCUT2D eigenvalue weighted by atomic mass is 32.2. The van der Waals surface area contributed by atoms with Gasteiger partial charge in [0, 0.05) is 5.75 Å². The van der Waals surface area contributed by atoms with Gasteiger partial charge >= 0.3 is 0 Å². The fraction of sp³-hybridized carbons (Fsp3) is 0.348. The number of aromatic nitrogens is 2. The Labute approximate surface area is 207 Å². The highest BCUT2D eigenvalue weighted by Crippen LogP contribution is 2.38. The molecule has 1 amide bonds. The number of amides is 1. The second kappa shape index (κ2) is 9.93. The molecule has 3 aromatic rings. The first-order valence-corrected chi connectivity index (χ1v) is 14.0. The monoisotopic (exact) mass is 518 g/mol. The van der Waals surface area contributed by atoms with E-state index in [-0.39, 0.29) is 11.4 Å². The Hall–Kier alpha value is -2.63. The third-order valence-electron chi connectivity index (χ3n) is 5.06. The Balaban J connectivity index is 1.59. The third-order valence-corrected chi connectivity index (χ3v) is 9.26. The molecule has 11 heteroatoms. The topological polar surface area (TPSA) is 101 Å². The lowest BCUT2D eigenvalue weighted by atomic mass is 10.1. The van der Waals surface area contributed by atoms with Crippen molar-refractivity contribution in [3.05, 3.63) is 53.6 Å². The summed E-state index contributed by atoms with van der Waals surface area (Å²) in [6, 6.07) is 11.9. The van der Waals surface area contributed by atoms with Crippen molar-refractivity contribution in [3.63, 3.8) is 0 Å². The average molecular weight is 519 g/mol. The third kappa shape index (κ3) is 5.37. The molecule has 2 aromatic carbocycles. The summed E-state index contributed by atoms with van der Waals surface area (Å²) in [7, 11) is -3.91. The molecule has 34 heavy (non-hydrogen) atoms. The van der Waals surface area contributed by atoms with Crippen molar-refractivity contribution in [1.29, 1.82) is 0 Å². The van der Waals surface area contributed by atoms with Gasteiger partial charge in [-0.2, -0.15) is 0 Å². The summed E-state index contributed by atoms with van der Waals surface area (Å²) in [6.07, 6.45) is -1.05. The zero-order valence-corrected chi connectivity index (χ0v) is 21.8. The first-order valence-electron chi connectivity index (χ1n) is 10.8. The van der Waals surface area contributed by atoms with E-state index < -0.39 is 22.0 Å². The molecule has 1 aliphatic heterocycles. The number of nitrogens with zero attached hydrogens (tertiary/aromatic N) is 3. The van der Waals surface area contributed by atoms with E-state index in [9.17, 15) is 13.2 Å². The van der Waals surface area contributed by atoms with Gasteiger partial charge in [-0.1, -0.05) is 60.7 Å². The molecule has 0 aliphatic carbocycles. The predicted molar refractivity (Wildman–Crippen MR) is 135 cm³/mol. The maximum Gasteiger partial charge on any atom is 0.269 e. The van der Waals surface area contributed by atoms with Crippen molar-refractivity contribution < 1.29 is 17.9 Å². The van der Waals surface area contributed by atoms with Crippen LogP contribution in [0.4, 0.5) is 10.8 Å². The number of fused-ring (bicyclic) bond motifs is 1. The van der Waals surface area contributed by atoms with Gasteiger partial charge in [0.15, 0.2) is 10.4 Å². The van der Waals surface area contributed by atoms with Crippen LogP contribution in [0.5, 0.6) is 5.75 Å². The van der Waals surface area contributed by atoms with E-state index >= 15 is 0 Å². The van der Waals surface area contributed by atoms with Crippen LogP contribution >= 0.6 is 23.1 Å². The van der Waals surface area contributed by atoms with E-state index in [1.807, 2.05) is 19.9 Å². The summed E-state index contributed by atoms with van der Waals surface area (Å²) in [5.41, 5.74) is 2.25. The van der Waals surface area contributed by atoms with Crippen molar-refractivity contribution >= 4 is 49.8 Å². The molecule has 8 nitrogen and oxygen atoms in total. The zero-order valence-electron chi connectivity index (χ0n) is 19.3. The molecule has 0 saturated heterocycles. The van der Waals surface area contributed by atoms with Crippen molar-refractivity contribution in [2.75, 3.05) is 21.9 Å². The molecule has 4 rings (SSSR count). The number of aryl methyl sites for hydroxylation is 2. The molecule has 0 fully saturated rings. The molecule has 0 spiro atoms. The summed E-state index contributed by atoms with van der Waals surface area (Å²) in [5.74, 6) is 1.27. The number of thioether (sulfide) groups is 1. The molecule has 0 bridgehead atoms. The number of nitrogens with one attached hydrogen (secondary N) is 1. The lowest BCUT2D eigenvalue weighted by molar-refractivity contribution is -0.122. The second-order valence-electron chi connectivity index (χ2n) is 8.49. The van der Waals surface area contributed by atoms with E-state index in [0.29, 0.717) is 22.5 Å². The van der Waals surface area contributed by atoms with Crippen LogP contribution in [0.3, 0.4) is 0 Å². The van der Waals surface area contributed by atoms with Gasteiger partial charge in [0.05, 0.1) is 17.1 Å². The molecule has 0 saturated carbocycles. The summed E-state index contributed by atoms with van der Waals surface area (Å²) in [5, 5.41) is 11.2. The number of anilines is 2. The van der Waals surface area contributed by atoms with Crippen molar-refractivity contribution in [2.24, 2.45) is 5.92 Å². The summed E-state index contributed by atoms with van der Waals surface area (Å²) in [4.78, 5) is 13.2. The van der Waals surface area contributed by atoms with Crippen LogP contribution < -0.4 is 14.4 Å². The van der Waals surface area contributed by atoms with Crippen molar-refractivity contribution in [1.82, 2.24) is 10.2 Å². The highest BCUT2D eigenvalue weighted by molar-refractivity contribution is 8.01. The standard InChI is InChI=1S/C23H26N4O4S3/c1-14(2)13-32-23-26-25-22(33-23)24-21(28)20-12-27(18-10-7-16(4)11-19(18)31-20)34(29,30)17-8-5-15(3)6-9-17/h5-11,14,20H,12-13H2,1-4H3,(H,24,25,28)/t20-/m1/s1. The molecule has 180 valence electrons. The van der Waals surface area contributed by atoms with Crippen LogP contribution in [-0.4, -0.2) is 42.9 Å². The van der Waals surface area contributed by atoms with Gasteiger partial charge < -0.3 is 4.74 Å². The van der Waals surface area contributed by atoms with Crippen LogP contribution in [-0.2, 0) is 14.8 Å². The molecule has 1 aliphatic rings. The second-order valence-corrected chi connectivity index (χ2v) is 12.6. The minimum Gasteiger partial charge on any atom is -0.476 e. The predicted octanol–water partition coefficient (Wildman–Crippen LogP) is 4.50. The molecule has 1 aromatic heterocycles. The smallest absolute Gasteiger partial charge is 0.269 e. The molecule has 0 radical (unpaired) electrons. The number of rotatable bonds is 7. The first-order chi connectivity index (χ1) is 16.1. The largest absolute Gasteiger partial charge is 0.476 e. The Bertz CT molecular complexity index is 1290. The van der Waals surface area contributed by atoms with Gasteiger partial charge in [0.2, 0.25) is 5.13 Å². The van der Waals surface area contributed by atoms with Gasteiger partial charge in [-0.15, -0.1) is 10.2 Å². The molecule has 0 unspecified atom stereocenters. The lowest BCUT2D eigenvalue weighted by Crippen LogP contribution is -2.48. The van der Waals surface area contributed by atoms with Gasteiger partial charge in [-0.3, -0.25) is 14.4 Å². The van der Waals surface area contributed by atoms with Gasteiger partial charge in [-0.05, 0) is 49.6 Å². The first kappa shape index (κ1) is 24.5.